The lowest BCUT2D eigenvalue weighted by molar-refractivity contribution is 0.102. The first-order valence-corrected chi connectivity index (χ1v) is 6.16. The van der Waals surface area contributed by atoms with Gasteiger partial charge in [-0.05, 0) is 31.9 Å². The van der Waals surface area contributed by atoms with Gasteiger partial charge < -0.3 is 5.32 Å². The Hall–Kier alpha value is -2.10. The quantitative estimate of drug-likeness (QED) is 0.868. The van der Waals surface area contributed by atoms with Gasteiger partial charge in [-0.15, -0.1) is 0 Å². The second-order valence-corrected chi connectivity index (χ2v) is 4.81. The number of carbonyl (C=O) groups is 1. The Morgan fingerprint density at radius 3 is 2.94 bits per heavy atom. The molecular formula is C14H15N3O. The molecule has 0 bridgehead atoms. The number of anilines is 1. The number of amides is 1. The van der Waals surface area contributed by atoms with E-state index in [1.807, 2.05) is 31.2 Å². The van der Waals surface area contributed by atoms with E-state index in [1.165, 1.54) is 12.8 Å². The summed E-state index contributed by atoms with van der Waals surface area (Å²) >= 11 is 0. The summed E-state index contributed by atoms with van der Waals surface area (Å²) in [5, 5.41) is 9.89. The predicted octanol–water partition coefficient (Wildman–Crippen LogP) is 2.85. The van der Waals surface area contributed by atoms with Crippen LogP contribution in [0.25, 0.3) is 0 Å². The van der Waals surface area contributed by atoms with Crippen LogP contribution in [0.3, 0.4) is 0 Å². The molecule has 4 nitrogen and oxygen atoms in total. The van der Waals surface area contributed by atoms with E-state index in [0.29, 0.717) is 17.3 Å². The Balaban J connectivity index is 1.73. The van der Waals surface area contributed by atoms with E-state index in [2.05, 4.69) is 15.5 Å². The van der Waals surface area contributed by atoms with Crippen molar-refractivity contribution in [3.05, 3.63) is 47.2 Å². The minimum atomic E-state index is -0.118. The fourth-order valence-electron chi connectivity index (χ4n) is 1.98. The average molecular weight is 241 g/mol. The molecule has 1 saturated carbocycles. The highest BCUT2D eigenvalue weighted by atomic mass is 16.1. The van der Waals surface area contributed by atoms with Gasteiger partial charge in [0.1, 0.15) is 0 Å². The number of aromatic nitrogens is 2. The van der Waals surface area contributed by atoms with Crippen molar-refractivity contribution in [2.24, 2.45) is 0 Å². The van der Waals surface area contributed by atoms with Crippen molar-refractivity contribution < 1.29 is 4.79 Å². The van der Waals surface area contributed by atoms with Gasteiger partial charge in [0.2, 0.25) is 0 Å². The molecule has 0 saturated heterocycles. The molecule has 1 aliphatic carbocycles. The van der Waals surface area contributed by atoms with E-state index in [4.69, 9.17) is 0 Å². The molecule has 1 fully saturated rings. The van der Waals surface area contributed by atoms with Crippen molar-refractivity contribution in [2.75, 3.05) is 5.32 Å². The van der Waals surface area contributed by atoms with Crippen LogP contribution in [0, 0.1) is 6.92 Å². The number of rotatable bonds is 3. The molecule has 18 heavy (non-hydrogen) atoms. The van der Waals surface area contributed by atoms with Crippen LogP contribution in [-0.2, 0) is 0 Å². The van der Waals surface area contributed by atoms with Crippen molar-refractivity contribution in [1.29, 1.82) is 0 Å². The molecule has 92 valence electrons. The monoisotopic (exact) mass is 241 g/mol. The maximum atomic E-state index is 12.0. The highest BCUT2D eigenvalue weighted by molar-refractivity contribution is 6.03. The molecule has 1 aromatic heterocycles. The molecular weight excluding hydrogens is 226 g/mol. The van der Waals surface area contributed by atoms with E-state index in [0.717, 1.165) is 11.3 Å². The molecule has 0 unspecified atom stereocenters. The van der Waals surface area contributed by atoms with Crippen molar-refractivity contribution in [3.8, 4) is 0 Å². The highest BCUT2D eigenvalue weighted by Crippen LogP contribution is 2.39. The first-order chi connectivity index (χ1) is 8.72. The first-order valence-electron chi connectivity index (χ1n) is 6.16. The lowest BCUT2D eigenvalue weighted by Crippen LogP contribution is -2.12. The van der Waals surface area contributed by atoms with Gasteiger partial charge in [-0.2, -0.15) is 5.10 Å². The van der Waals surface area contributed by atoms with Gasteiger partial charge >= 0.3 is 0 Å². The van der Waals surface area contributed by atoms with Gasteiger partial charge in [-0.25, -0.2) is 0 Å². The third-order valence-corrected chi connectivity index (χ3v) is 3.14. The van der Waals surface area contributed by atoms with Gasteiger partial charge in [0, 0.05) is 23.2 Å². The summed E-state index contributed by atoms with van der Waals surface area (Å²) in [6, 6.07) is 9.44. The zero-order valence-electron chi connectivity index (χ0n) is 10.2. The Kier molecular flexibility index (Phi) is 2.63. The van der Waals surface area contributed by atoms with Crippen molar-refractivity contribution >= 4 is 11.7 Å². The minimum Gasteiger partial charge on any atom is -0.305 e. The van der Waals surface area contributed by atoms with Gasteiger partial charge in [-0.1, -0.05) is 17.7 Å². The number of hydrogen-bond acceptors (Lipinski definition) is 2. The topological polar surface area (TPSA) is 57.8 Å². The van der Waals surface area contributed by atoms with E-state index in [9.17, 15) is 4.79 Å². The molecule has 1 heterocycles. The van der Waals surface area contributed by atoms with Crippen LogP contribution in [0.2, 0.25) is 0 Å². The third-order valence-electron chi connectivity index (χ3n) is 3.14. The van der Waals surface area contributed by atoms with Gasteiger partial charge in [0.05, 0.1) is 0 Å². The third kappa shape index (κ3) is 2.27. The van der Waals surface area contributed by atoms with Gasteiger partial charge in [0.15, 0.2) is 5.82 Å². The number of aromatic amines is 1. The van der Waals surface area contributed by atoms with Crippen LogP contribution < -0.4 is 5.32 Å². The lowest BCUT2D eigenvalue weighted by atomic mass is 10.1. The number of hydrogen-bond donors (Lipinski definition) is 2. The molecule has 0 aliphatic heterocycles. The molecule has 0 radical (unpaired) electrons. The summed E-state index contributed by atoms with van der Waals surface area (Å²) < 4.78 is 0. The molecule has 2 N–H and O–H groups in total. The SMILES string of the molecule is Cc1cccc(C(=O)Nc2cc(C3CC3)[nH]n2)c1. The zero-order valence-corrected chi connectivity index (χ0v) is 10.2. The summed E-state index contributed by atoms with van der Waals surface area (Å²) in [6.07, 6.45) is 2.43. The predicted molar refractivity (Wildman–Crippen MR) is 69.7 cm³/mol. The van der Waals surface area contributed by atoms with Crippen molar-refractivity contribution in [2.45, 2.75) is 25.7 Å². The second-order valence-electron chi connectivity index (χ2n) is 4.81. The molecule has 3 rings (SSSR count). The van der Waals surface area contributed by atoms with Gasteiger partial charge in [0.25, 0.3) is 5.91 Å². The molecule has 0 spiro atoms. The largest absolute Gasteiger partial charge is 0.305 e. The Morgan fingerprint density at radius 1 is 1.39 bits per heavy atom. The zero-order chi connectivity index (χ0) is 12.5. The Labute approximate surface area is 105 Å². The molecule has 1 aromatic carbocycles. The molecule has 4 heteroatoms. The van der Waals surface area contributed by atoms with Crippen LogP contribution in [0.15, 0.2) is 30.3 Å². The van der Waals surface area contributed by atoms with Crippen LogP contribution in [0.4, 0.5) is 5.82 Å². The highest BCUT2D eigenvalue weighted by Gasteiger charge is 2.25. The van der Waals surface area contributed by atoms with Crippen molar-refractivity contribution in [1.82, 2.24) is 10.2 Å². The smallest absolute Gasteiger partial charge is 0.256 e. The summed E-state index contributed by atoms with van der Waals surface area (Å²) in [4.78, 5) is 12.0. The Bertz CT molecular complexity index is 584. The van der Waals surface area contributed by atoms with Crippen LogP contribution in [0.5, 0.6) is 0 Å². The summed E-state index contributed by atoms with van der Waals surface area (Å²) in [5.41, 5.74) is 2.85. The number of nitrogens with one attached hydrogen (secondary N) is 2. The average Bonchev–Trinajstić information content (AvgIpc) is 3.11. The maximum Gasteiger partial charge on any atom is 0.256 e. The normalized spacial score (nSPS) is 14.5. The van der Waals surface area contributed by atoms with Crippen LogP contribution >= 0.6 is 0 Å². The summed E-state index contributed by atoms with van der Waals surface area (Å²) in [6.45, 7) is 1.97. The second kappa shape index (κ2) is 4.29. The number of H-pyrrole nitrogens is 1. The van der Waals surface area contributed by atoms with E-state index in [-0.39, 0.29) is 5.91 Å². The fraction of sp³-hybridized carbons (Fsp3) is 0.286. The van der Waals surface area contributed by atoms with Crippen LogP contribution in [0.1, 0.15) is 40.4 Å². The minimum absolute atomic E-state index is 0.118. The number of benzene rings is 1. The fourth-order valence-corrected chi connectivity index (χ4v) is 1.98. The van der Waals surface area contributed by atoms with E-state index >= 15 is 0 Å². The van der Waals surface area contributed by atoms with E-state index < -0.39 is 0 Å². The lowest BCUT2D eigenvalue weighted by Gasteiger charge is -2.02. The van der Waals surface area contributed by atoms with E-state index in [1.54, 1.807) is 6.07 Å². The van der Waals surface area contributed by atoms with Crippen molar-refractivity contribution in [3.63, 3.8) is 0 Å². The number of carbonyl (C=O) groups excluding carboxylic acids is 1. The summed E-state index contributed by atoms with van der Waals surface area (Å²) in [7, 11) is 0. The number of aryl methyl sites for hydroxylation is 1. The summed E-state index contributed by atoms with van der Waals surface area (Å²) in [5.74, 6) is 1.10. The molecule has 1 amide bonds. The maximum absolute atomic E-state index is 12.0. The van der Waals surface area contributed by atoms with Crippen LogP contribution in [-0.4, -0.2) is 16.1 Å². The molecule has 0 atom stereocenters. The standard InChI is InChI=1S/C14H15N3O/c1-9-3-2-4-11(7-9)14(18)15-13-8-12(16-17-13)10-5-6-10/h2-4,7-8,10H,5-6H2,1H3,(H2,15,16,17,18). The number of nitrogens with zero attached hydrogens (tertiary/aromatic N) is 1. The first kappa shape index (κ1) is 11.0. The van der Waals surface area contributed by atoms with Gasteiger partial charge in [-0.3, -0.25) is 9.89 Å². The molecule has 1 aliphatic rings. The molecule has 2 aromatic rings. The Morgan fingerprint density at radius 2 is 2.22 bits per heavy atom.